The second kappa shape index (κ2) is 8.59. The molecule has 0 bridgehead atoms. The van der Waals surface area contributed by atoms with Gasteiger partial charge in [-0.1, -0.05) is 0 Å². The zero-order valence-electron chi connectivity index (χ0n) is 16.6. The minimum atomic E-state index is -2.97. The Morgan fingerprint density at radius 3 is 2.80 bits per heavy atom. The molecular formula is C21H24F2N3O4. The maximum Gasteiger partial charge on any atom is 0.387 e. The van der Waals surface area contributed by atoms with Crippen molar-refractivity contribution in [2.24, 2.45) is 11.7 Å². The number of carbonyl (C=O) groups excluding carboxylic acids is 1. The summed E-state index contributed by atoms with van der Waals surface area (Å²) in [6, 6.07) is 3.92. The third kappa shape index (κ3) is 4.56. The fourth-order valence-corrected chi connectivity index (χ4v) is 3.28. The van der Waals surface area contributed by atoms with E-state index in [1.807, 2.05) is 6.42 Å². The maximum absolute atomic E-state index is 12.8. The fraction of sp³-hybridized carbons (Fsp3) is 0.476. The fourth-order valence-electron chi connectivity index (χ4n) is 3.28. The summed E-state index contributed by atoms with van der Waals surface area (Å²) in [4.78, 5) is 18.9. The molecule has 1 radical (unpaired) electrons. The average Bonchev–Trinajstić information content (AvgIpc) is 3.19. The molecule has 1 saturated carbocycles. The van der Waals surface area contributed by atoms with E-state index in [1.165, 1.54) is 18.2 Å². The summed E-state index contributed by atoms with van der Waals surface area (Å²) in [5, 5.41) is 0. The molecular weight excluding hydrogens is 396 g/mol. The Morgan fingerprint density at radius 2 is 2.17 bits per heavy atom. The van der Waals surface area contributed by atoms with E-state index in [2.05, 4.69) is 9.72 Å². The summed E-state index contributed by atoms with van der Waals surface area (Å²) < 4.78 is 41.6. The minimum Gasteiger partial charge on any atom is -0.489 e. The number of aromatic nitrogens is 1. The van der Waals surface area contributed by atoms with Crippen molar-refractivity contribution in [1.82, 2.24) is 9.88 Å². The van der Waals surface area contributed by atoms with Crippen LogP contribution in [0.5, 0.6) is 11.5 Å². The summed E-state index contributed by atoms with van der Waals surface area (Å²) in [6.45, 7) is 0.346. The van der Waals surface area contributed by atoms with Gasteiger partial charge in [0.05, 0.1) is 12.6 Å². The van der Waals surface area contributed by atoms with Crippen LogP contribution in [-0.2, 0) is 0 Å². The lowest BCUT2D eigenvalue weighted by atomic mass is 10.2. The standard InChI is InChI=1S/C21H24F2N3O4/c1-12(24)18-17(20(27)26-8-2-3-9-26)25-19(30-18)14-6-7-15(29-21(22)23)16(10-14)28-11-13-4-5-13/h2,6-7,10,12-13,21H,3-5,8-9,11,24H2,1H3/t12-/m0/s1. The van der Waals surface area contributed by atoms with Crippen molar-refractivity contribution in [1.29, 1.82) is 0 Å². The molecule has 1 saturated heterocycles. The molecule has 7 nitrogen and oxygen atoms in total. The van der Waals surface area contributed by atoms with Crippen molar-refractivity contribution in [2.75, 3.05) is 19.7 Å². The van der Waals surface area contributed by atoms with E-state index in [0.29, 0.717) is 31.2 Å². The highest BCUT2D eigenvalue weighted by molar-refractivity contribution is 5.94. The maximum atomic E-state index is 12.8. The summed E-state index contributed by atoms with van der Waals surface area (Å²) in [7, 11) is 0. The van der Waals surface area contributed by atoms with Gasteiger partial charge in [0.15, 0.2) is 23.0 Å². The number of oxazole rings is 1. The molecule has 1 atom stereocenters. The molecule has 1 aromatic heterocycles. The zero-order valence-corrected chi connectivity index (χ0v) is 16.6. The lowest BCUT2D eigenvalue weighted by Crippen LogP contribution is -2.29. The van der Waals surface area contributed by atoms with Crippen LogP contribution in [0.25, 0.3) is 11.5 Å². The number of ether oxygens (including phenoxy) is 2. The first-order chi connectivity index (χ1) is 14.4. The van der Waals surface area contributed by atoms with E-state index in [0.717, 1.165) is 19.3 Å². The van der Waals surface area contributed by atoms with Gasteiger partial charge in [0.1, 0.15) is 0 Å². The second-order valence-corrected chi connectivity index (χ2v) is 7.64. The van der Waals surface area contributed by atoms with Gasteiger partial charge in [-0.25, -0.2) is 4.98 Å². The molecule has 1 amide bonds. The first-order valence-corrected chi connectivity index (χ1v) is 10.0. The zero-order chi connectivity index (χ0) is 21.3. The Bertz CT molecular complexity index is 906. The number of benzene rings is 1. The summed E-state index contributed by atoms with van der Waals surface area (Å²) in [5.74, 6) is 0.776. The Balaban J connectivity index is 1.65. The normalized spacial score (nSPS) is 17.4. The Labute approximate surface area is 173 Å². The van der Waals surface area contributed by atoms with Crippen LogP contribution in [0.2, 0.25) is 0 Å². The number of halogens is 2. The van der Waals surface area contributed by atoms with Gasteiger partial charge in [-0.15, -0.1) is 0 Å². The van der Waals surface area contributed by atoms with Gasteiger partial charge in [-0.3, -0.25) is 4.79 Å². The van der Waals surface area contributed by atoms with Crippen LogP contribution in [0.1, 0.15) is 48.5 Å². The molecule has 30 heavy (non-hydrogen) atoms. The number of nitrogens with zero attached hydrogens (tertiary/aromatic N) is 2. The van der Waals surface area contributed by atoms with Crippen molar-refractivity contribution >= 4 is 5.91 Å². The average molecular weight is 420 g/mol. The number of nitrogens with two attached hydrogens (primary N) is 1. The number of hydrogen-bond donors (Lipinski definition) is 1. The van der Waals surface area contributed by atoms with E-state index in [-0.39, 0.29) is 34.8 Å². The molecule has 161 valence electrons. The molecule has 2 aromatic rings. The molecule has 4 rings (SSSR count). The predicted octanol–water partition coefficient (Wildman–Crippen LogP) is 3.80. The van der Waals surface area contributed by atoms with Gasteiger partial charge in [0.25, 0.3) is 5.91 Å². The summed E-state index contributed by atoms with van der Waals surface area (Å²) in [5.41, 5.74) is 6.65. The number of carbonyl (C=O) groups is 1. The highest BCUT2D eigenvalue weighted by atomic mass is 19.3. The molecule has 1 aliphatic carbocycles. The first kappa shape index (κ1) is 20.6. The van der Waals surface area contributed by atoms with Crippen LogP contribution in [0, 0.1) is 12.3 Å². The molecule has 0 spiro atoms. The molecule has 2 heterocycles. The Kier molecular flexibility index (Phi) is 5.90. The number of hydrogen-bond acceptors (Lipinski definition) is 6. The van der Waals surface area contributed by atoms with E-state index in [9.17, 15) is 13.6 Å². The Hall–Kier alpha value is -2.68. The van der Waals surface area contributed by atoms with E-state index >= 15 is 0 Å². The highest BCUT2D eigenvalue weighted by Gasteiger charge is 2.29. The highest BCUT2D eigenvalue weighted by Crippen LogP contribution is 2.37. The largest absolute Gasteiger partial charge is 0.489 e. The summed E-state index contributed by atoms with van der Waals surface area (Å²) >= 11 is 0. The van der Waals surface area contributed by atoms with E-state index in [4.69, 9.17) is 14.9 Å². The van der Waals surface area contributed by atoms with Gasteiger partial charge in [0, 0.05) is 18.7 Å². The molecule has 2 N–H and O–H groups in total. The predicted molar refractivity (Wildman–Crippen MR) is 104 cm³/mol. The molecule has 9 heteroatoms. The number of likely N-dealkylation sites (tertiary alicyclic amines) is 1. The van der Waals surface area contributed by atoms with Crippen molar-refractivity contribution in [3.05, 3.63) is 36.1 Å². The Morgan fingerprint density at radius 1 is 1.37 bits per heavy atom. The molecule has 1 aromatic carbocycles. The van der Waals surface area contributed by atoms with E-state index < -0.39 is 12.7 Å². The van der Waals surface area contributed by atoms with Crippen LogP contribution < -0.4 is 15.2 Å². The van der Waals surface area contributed by atoms with Crippen molar-refractivity contribution in [3.63, 3.8) is 0 Å². The quantitative estimate of drug-likeness (QED) is 0.699. The number of rotatable bonds is 8. The van der Waals surface area contributed by atoms with Crippen LogP contribution in [0.15, 0.2) is 22.6 Å². The third-order valence-electron chi connectivity index (χ3n) is 5.09. The van der Waals surface area contributed by atoms with Crippen molar-refractivity contribution in [2.45, 2.75) is 38.8 Å². The van der Waals surface area contributed by atoms with Crippen LogP contribution in [0.3, 0.4) is 0 Å². The molecule has 2 aliphatic rings. The van der Waals surface area contributed by atoms with Gasteiger partial charge >= 0.3 is 6.61 Å². The second-order valence-electron chi connectivity index (χ2n) is 7.64. The smallest absolute Gasteiger partial charge is 0.387 e. The molecule has 2 fully saturated rings. The van der Waals surface area contributed by atoms with Gasteiger partial charge in [-0.05, 0) is 56.7 Å². The lowest BCUT2D eigenvalue weighted by Gasteiger charge is -2.14. The van der Waals surface area contributed by atoms with E-state index in [1.54, 1.807) is 11.8 Å². The third-order valence-corrected chi connectivity index (χ3v) is 5.09. The van der Waals surface area contributed by atoms with Gasteiger partial charge in [0.2, 0.25) is 5.89 Å². The van der Waals surface area contributed by atoms with Gasteiger partial charge in [-0.2, -0.15) is 8.78 Å². The molecule has 0 unspecified atom stereocenters. The lowest BCUT2D eigenvalue weighted by molar-refractivity contribution is -0.0515. The number of alkyl halides is 2. The summed E-state index contributed by atoms with van der Waals surface area (Å²) in [6.07, 6.45) is 4.97. The topological polar surface area (TPSA) is 90.8 Å². The van der Waals surface area contributed by atoms with Gasteiger partial charge < -0.3 is 24.5 Å². The van der Waals surface area contributed by atoms with Crippen molar-refractivity contribution in [3.8, 4) is 23.0 Å². The molecule has 1 aliphatic heterocycles. The minimum absolute atomic E-state index is 0.0581. The van der Waals surface area contributed by atoms with Crippen molar-refractivity contribution < 1.29 is 27.5 Å². The van der Waals surface area contributed by atoms with Crippen LogP contribution in [0.4, 0.5) is 8.78 Å². The first-order valence-electron chi connectivity index (χ1n) is 10.0. The SMILES string of the molecule is C[C@H](N)c1oc(-c2ccc(OC(F)F)c(OCC3CC3)c2)nc1C(=O)N1C[CH]CC1. The monoisotopic (exact) mass is 420 g/mol. The van der Waals surface area contributed by atoms with Crippen LogP contribution in [-0.4, -0.2) is 42.1 Å². The number of amides is 1. The van der Waals surface area contributed by atoms with Crippen LogP contribution >= 0.6 is 0 Å².